The first-order valence-corrected chi connectivity index (χ1v) is 7.28. The minimum atomic E-state index is 0.0315. The fourth-order valence-corrected chi connectivity index (χ4v) is 2.22. The number of hydrogen-bond acceptors (Lipinski definition) is 5. The summed E-state index contributed by atoms with van der Waals surface area (Å²) < 4.78 is 0. The van der Waals surface area contributed by atoms with Gasteiger partial charge in [0.15, 0.2) is 5.82 Å². The number of rotatable bonds is 7. The highest BCUT2D eigenvalue weighted by Crippen LogP contribution is 2.25. The largest absolute Gasteiger partial charge is 0.395 e. The average Bonchev–Trinajstić information content (AvgIpc) is 2.50. The minimum absolute atomic E-state index is 0.0315. The smallest absolute Gasteiger partial charge is 0.224 e. The van der Waals surface area contributed by atoms with Crippen molar-refractivity contribution in [2.24, 2.45) is 0 Å². The van der Waals surface area contributed by atoms with Crippen LogP contribution in [0.25, 0.3) is 0 Å². The van der Waals surface area contributed by atoms with Gasteiger partial charge in [-0.05, 0) is 12.5 Å². The normalized spacial score (nSPS) is 10.4. The Bertz CT molecular complexity index is 565. The van der Waals surface area contributed by atoms with Gasteiger partial charge in [-0.25, -0.2) is 4.98 Å². The van der Waals surface area contributed by atoms with Gasteiger partial charge in [0.2, 0.25) is 5.95 Å². The summed E-state index contributed by atoms with van der Waals surface area (Å²) in [6, 6.07) is 10.0. The van der Waals surface area contributed by atoms with Crippen molar-refractivity contribution in [1.29, 1.82) is 0 Å². The molecule has 1 heterocycles. The van der Waals surface area contributed by atoms with E-state index >= 15 is 0 Å². The highest BCUT2D eigenvalue weighted by molar-refractivity contribution is 6.32. The fraction of sp³-hybridized carbons (Fsp3) is 0.333. The van der Waals surface area contributed by atoms with Crippen LogP contribution >= 0.6 is 11.6 Å². The number of hydrogen-bond donors (Lipinski definition) is 2. The lowest BCUT2D eigenvalue weighted by Gasteiger charge is -2.24. The van der Waals surface area contributed by atoms with Crippen molar-refractivity contribution in [2.45, 2.75) is 13.5 Å². The molecule has 1 aromatic carbocycles. The first kappa shape index (κ1) is 15.5. The van der Waals surface area contributed by atoms with Crippen LogP contribution in [-0.2, 0) is 6.54 Å². The van der Waals surface area contributed by atoms with Crippen molar-refractivity contribution in [3.63, 3.8) is 0 Å². The predicted octanol–water partition coefficient (Wildman–Crippen LogP) is 2.56. The number of benzene rings is 1. The SMILES string of the molecule is CCNc1ncc(Cl)c(N(CCO)Cc2ccccc2)n1. The Hall–Kier alpha value is -1.85. The van der Waals surface area contributed by atoms with E-state index in [4.69, 9.17) is 11.6 Å². The molecule has 0 aliphatic heterocycles. The van der Waals surface area contributed by atoms with Crippen molar-refractivity contribution in [3.8, 4) is 0 Å². The lowest BCUT2D eigenvalue weighted by atomic mass is 10.2. The van der Waals surface area contributed by atoms with Gasteiger partial charge >= 0.3 is 0 Å². The Morgan fingerprint density at radius 1 is 1.29 bits per heavy atom. The summed E-state index contributed by atoms with van der Waals surface area (Å²) in [5, 5.41) is 12.8. The lowest BCUT2D eigenvalue weighted by molar-refractivity contribution is 0.301. The summed E-state index contributed by atoms with van der Waals surface area (Å²) in [6.45, 7) is 3.83. The van der Waals surface area contributed by atoms with Crippen molar-refractivity contribution in [1.82, 2.24) is 9.97 Å². The third-order valence-corrected chi connectivity index (χ3v) is 3.21. The molecule has 5 nitrogen and oxygen atoms in total. The third-order valence-electron chi connectivity index (χ3n) is 2.95. The molecule has 1 aromatic heterocycles. The second kappa shape index (κ2) is 7.81. The first-order valence-electron chi connectivity index (χ1n) is 6.90. The first-order chi connectivity index (χ1) is 10.2. The van der Waals surface area contributed by atoms with E-state index in [1.807, 2.05) is 42.2 Å². The fourth-order valence-electron chi connectivity index (χ4n) is 2.01. The third kappa shape index (κ3) is 4.31. The van der Waals surface area contributed by atoms with Crippen LogP contribution in [0, 0.1) is 0 Å². The van der Waals surface area contributed by atoms with Gasteiger partial charge in [-0.3, -0.25) is 0 Å². The van der Waals surface area contributed by atoms with Gasteiger partial charge in [0.25, 0.3) is 0 Å². The van der Waals surface area contributed by atoms with E-state index in [-0.39, 0.29) is 6.61 Å². The maximum Gasteiger partial charge on any atom is 0.224 e. The molecule has 0 amide bonds. The van der Waals surface area contributed by atoms with Crippen LogP contribution < -0.4 is 10.2 Å². The van der Waals surface area contributed by atoms with E-state index in [9.17, 15) is 5.11 Å². The summed E-state index contributed by atoms with van der Waals surface area (Å²) >= 11 is 6.22. The Morgan fingerprint density at radius 2 is 2.05 bits per heavy atom. The zero-order chi connectivity index (χ0) is 15.1. The molecule has 21 heavy (non-hydrogen) atoms. The maximum atomic E-state index is 9.30. The van der Waals surface area contributed by atoms with Crippen LogP contribution in [0.5, 0.6) is 0 Å². The highest BCUT2D eigenvalue weighted by Gasteiger charge is 2.14. The topological polar surface area (TPSA) is 61.3 Å². The number of aliphatic hydroxyl groups excluding tert-OH is 1. The Kier molecular flexibility index (Phi) is 5.78. The van der Waals surface area contributed by atoms with Crippen LogP contribution in [0.4, 0.5) is 11.8 Å². The maximum absolute atomic E-state index is 9.30. The zero-order valence-electron chi connectivity index (χ0n) is 12.0. The van der Waals surface area contributed by atoms with E-state index in [0.717, 1.165) is 12.1 Å². The van der Waals surface area contributed by atoms with Gasteiger partial charge in [0.05, 0.1) is 12.8 Å². The number of aromatic nitrogens is 2. The molecule has 0 atom stereocenters. The summed E-state index contributed by atoms with van der Waals surface area (Å²) in [5.74, 6) is 1.16. The van der Waals surface area contributed by atoms with E-state index in [1.165, 1.54) is 0 Å². The quantitative estimate of drug-likeness (QED) is 0.823. The van der Waals surface area contributed by atoms with Gasteiger partial charge in [-0.1, -0.05) is 41.9 Å². The van der Waals surface area contributed by atoms with Crippen molar-refractivity contribution >= 4 is 23.4 Å². The summed E-state index contributed by atoms with van der Waals surface area (Å²) in [5.41, 5.74) is 1.13. The molecule has 0 spiro atoms. The number of halogens is 1. The lowest BCUT2D eigenvalue weighted by Crippen LogP contribution is -2.27. The van der Waals surface area contributed by atoms with Crippen LogP contribution in [0.15, 0.2) is 36.5 Å². The van der Waals surface area contributed by atoms with Gasteiger partial charge in [0.1, 0.15) is 5.02 Å². The Morgan fingerprint density at radius 3 is 2.71 bits per heavy atom. The van der Waals surface area contributed by atoms with Crippen LogP contribution in [0.3, 0.4) is 0 Å². The highest BCUT2D eigenvalue weighted by atomic mass is 35.5. The summed E-state index contributed by atoms with van der Waals surface area (Å²) in [6.07, 6.45) is 1.58. The van der Waals surface area contributed by atoms with Gasteiger partial charge in [-0.2, -0.15) is 4.98 Å². The van der Waals surface area contributed by atoms with Gasteiger partial charge < -0.3 is 15.3 Å². The van der Waals surface area contributed by atoms with E-state index < -0.39 is 0 Å². The van der Waals surface area contributed by atoms with E-state index in [2.05, 4.69) is 15.3 Å². The Labute approximate surface area is 129 Å². The molecule has 2 rings (SSSR count). The second-order valence-corrected chi connectivity index (χ2v) is 4.93. The standard InChI is InChI=1S/C15H19ClN4O/c1-2-17-15-18-10-13(16)14(19-15)20(8-9-21)11-12-6-4-3-5-7-12/h3-7,10,21H,2,8-9,11H2,1H3,(H,17,18,19). The number of aliphatic hydroxyl groups is 1. The molecular formula is C15H19ClN4O. The second-order valence-electron chi connectivity index (χ2n) is 4.53. The molecular weight excluding hydrogens is 288 g/mol. The molecule has 0 bridgehead atoms. The van der Waals surface area contributed by atoms with Gasteiger partial charge in [-0.15, -0.1) is 0 Å². The van der Waals surface area contributed by atoms with Crippen molar-refractivity contribution in [2.75, 3.05) is 29.9 Å². The molecule has 0 radical (unpaired) electrons. The van der Waals surface area contributed by atoms with E-state index in [1.54, 1.807) is 6.20 Å². The number of anilines is 2. The average molecular weight is 307 g/mol. The minimum Gasteiger partial charge on any atom is -0.395 e. The molecule has 2 N–H and O–H groups in total. The molecule has 0 saturated heterocycles. The summed E-state index contributed by atoms with van der Waals surface area (Å²) in [7, 11) is 0. The van der Waals surface area contributed by atoms with Crippen molar-refractivity contribution in [3.05, 3.63) is 47.1 Å². The van der Waals surface area contributed by atoms with Crippen LogP contribution in [-0.4, -0.2) is 34.8 Å². The molecule has 0 aliphatic rings. The number of nitrogens with zero attached hydrogens (tertiary/aromatic N) is 3. The molecule has 112 valence electrons. The summed E-state index contributed by atoms with van der Waals surface area (Å²) in [4.78, 5) is 10.5. The molecule has 0 unspecified atom stereocenters. The predicted molar refractivity (Wildman–Crippen MR) is 85.8 cm³/mol. The zero-order valence-corrected chi connectivity index (χ0v) is 12.7. The molecule has 6 heteroatoms. The van der Waals surface area contributed by atoms with E-state index in [0.29, 0.717) is 29.9 Å². The van der Waals surface area contributed by atoms with Gasteiger partial charge in [0, 0.05) is 19.6 Å². The van der Waals surface area contributed by atoms with Crippen molar-refractivity contribution < 1.29 is 5.11 Å². The van der Waals surface area contributed by atoms with Crippen LogP contribution in [0.1, 0.15) is 12.5 Å². The molecule has 0 saturated carbocycles. The number of nitrogens with one attached hydrogen (secondary N) is 1. The molecule has 0 aliphatic carbocycles. The molecule has 0 fully saturated rings. The Balaban J connectivity index is 2.26. The van der Waals surface area contributed by atoms with Crippen LogP contribution in [0.2, 0.25) is 5.02 Å². The molecule has 2 aromatic rings. The monoisotopic (exact) mass is 306 g/mol.